The molecule has 1 saturated heterocycles. The molecule has 3 heterocycles. The number of amides is 1. The summed E-state index contributed by atoms with van der Waals surface area (Å²) in [5.41, 5.74) is -0.203. The van der Waals surface area contributed by atoms with E-state index in [1.807, 2.05) is 0 Å². The van der Waals surface area contributed by atoms with Crippen LogP contribution in [0, 0.1) is 13.8 Å². The van der Waals surface area contributed by atoms with Gasteiger partial charge < -0.3 is 9.88 Å². The lowest BCUT2D eigenvalue weighted by molar-refractivity contribution is -0.133. The molecule has 0 unspecified atom stereocenters. The Labute approximate surface area is 148 Å². The van der Waals surface area contributed by atoms with Crippen LogP contribution >= 0.6 is 0 Å². The first-order chi connectivity index (χ1) is 12.3. The predicted octanol–water partition coefficient (Wildman–Crippen LogP) is -0.357. The monoisotopic (exact) mass is 359 g/mol. The standard InChI is InChI=1S/C17H21N5O4/c1-10-7-22(17(26)20-16(10)25)9-15(24)21-5-3-4-12(8-21)13-6-14(23)19-11(2)18-13/h6-7,12H,3-5,8-9H2,1-2H3,(H,18,19,23)(H,20,25,26)/t12-/m0/s1. The summed E-state index contributed by atoms with van der Waals surface area (Å²) in [6.45, 7) is 4.21. The molecule has 2 N–H and O–H groups in total. The van der Waals surface area contributed by atoms with Crippen molar-refractivity contribution in [1.82, 2.24) is 24.4 Å². The predicted molar refractivity (Wildman–Crippen MR) is 94.2 cm³/mol. The zero-order valence-electron chi connectivity index (χ0n) is 14.7. The number of aromatic nitrogens is 4. The van der Waals surface area contributed by atoms with Gasteiger partial charge in [0.2, 0.25) is 5.91 Å². The Bertz CT molecular complexity index is 1000. The Balaban J connectivity index is 1.76. The molecule has 1 atom stereocenters. The topological polar surface area (TPSA) is 121 Å². The van der Waals surface area contributed by atoms with Crippen molar-refractivity contribution in [2.24, 2.45) is 0 Å². The van der Waals surface area contributed by atoms with Gasteiger partial charge in [0.05, 0.1) is 5.69 Å². The Morgan fingerprint density at radius 3 is 2.77 bits per heavy atom. The molecule has 9 heteroatoms. The van der Waals surface area contributed by atoms with Gasteiger partial charge >= 0.3 is 5.69 Å². The van der Waals surface area contributed by atoms with E-state index in [2.05, 4.69) is 15.0 Å². The van der Waals surface area contributed by atoms with Gasteiger partial charge in [0.1, 0.15) is 12.4 Å². The minimum absolute atomic E-state index is 0.0114. The molecule has 0 aliphatic carbocycles. The number of carbonyl (C=O) groups excluding carboxylic acids is 1. The van der Waals surface area contributed by atoms with E-state index in [0.717, 1.165) is 12.8 Å². The molecule has 2 aromatic heterocycles. The van der Waals surface area contributed by atoms with Crippen molar-refractivity contribution in [3.8, 4) is 0 Å². The van der Waals surface area contributed by atoms with Crippen LogP contribution in [0.3, 0.4) is 0 Å². The third kappa shape index (κ3) is 3.81. The summed E-state index contributed by atoms with van der Waals surface area (Å²) in [5, 5.41) is 0. The lowest BCUT2D eigenvalue weighted by Crippen LogP contribution is -2.43. The molecule has 0 spiro atoms. The summed E-state index contributed by atoms with van der Waals surface area (Å²) in [4.78, 5) is 58.4. The number of aryl methyl sites for hydroxylation is 2. The zero-order valence-corrected chi connectivity index (χ0v) is 14.7. The maximum atomic E-state index is 12.6. The number of nitrogens with zero attached hydrogens (tertiary/aromatic N) is 3. The molecule has 1 amide bonds. The third-order valence-corrected chi connectivity index (χ3v) is 4.57. The maximum Gasteiger partial charge on any atom is 0.328 e. The van der Waals surface area contributed by atoms with Crippen LogP contribution in [0.4, 0.5) is 0 Å². The Kier molecular flexibility index (Phi) is 4.88. The van der Waals surface area contributed by atoms with E-state index in [1.54, 1.807) is 18.7 Å². The molecule has 9 nitrogen and oxygen atoms in total. The highest BCUT2D eigenvalue weighted by molar-refractivity contribution is 5.76. The minimum Gasteiger partial charge on any atom is -0.340 e. The SMILES string of the molecule is Cc1nc([C@H]2CCCN(C(=O)Cn3cc(C)c(=O)[nH]c3=O)C2)cc(=O)[nH]1. The van der Waals surface area contributed by atoms with Crippen LogP contribution in [0.15, 0.2) is 26.6 Å². The molecule has 0 radical (unpaired) electrons. The Morgan fingerprint density at radius 1 is 1.27 bits per heavy atom. The van der Waals surface area contributed by atoms with Crippen molar-refractivity contribution in [3.05, 3.63) is 60.5 Å². The fraction of sp³-hybridized carbons (Fsp3) is 0.471. The van der Waals surface area contributed by atoms with Crippen molar-refractivity contribution < 1.29 is 4.79 Å². The van der Waals surface area contributed by atoms with Crippen molar-refractivity contribution in [2.45, 2.75) is 39.2 Å². The lowest BCUT2D eigenvalue weighted by atomic mass is 9.94. The molecule has 2 aromatic rings. The highest BCUT2D eigenvalue weighted by atomic mass is 16.2. The van der Waals surface area contributed by atoms with Gasteiger partial charge in [0.15, 0.2) is 0 Å². The molecule has 1 aliphatic rings. The number of carbonyl (C=O) groups is 1. The summed E-state index contributed by atoms with van der Waals surface area (Å²) < 4.78 is 1.21. The first-order valence-electron chi connectivity index (χ1n) is 8.49. The largest absolute Gasteiger partial charge is 0.340 e. The normalized spacial score (nSPS) is 17.3. The second kappa shape index (κ2) is 7.11. The summed E-state index contributed by atoms with van der Waals surface area (Å²) in [6.07, 6.45) is 3.03. The minimum atomic E-state index is -0.602. The first-order valence-corrected chi connectivity index (χ1v) is 8.49. The van der Waals surface area contributed by atoms with Gasteiger partial charge in [-0.3, -0.25) is 23.9 Å². The summed E-state index contributed by atoms with van der Waals surface area (Å²) >= 11 is 0. The zero-order chi connectivity index (χ0) is 18.8. The fourth-order valence-corrected chi connectivity index (χ4v) is 3.24. The van der Waals surface area contributed by atoms with E-state index in [0.29, 0.717) is 30.2 Å². The van der Waals surface area contributed by atoms with Gasteiger partial charge in [0.25, 0.3) is 11.1 Å². The highest BCUT2D eigenvalue weighted by Gasteiger charge is 2.26. The van der Waals surface area contributed by atoms with Gasteiger partial charge in [-0.1, -0.05) is 0 Å². The van der Waals surface area contributed by atoms with Crippen molar-refractivity contribution in [2.75, 3.05) is 13.1 Å². The second-order valence-electron chi connectivity index (χ2n) is 6.63. The van der Waals surface area contributed by atoms with Gasteiger partial charge in [-0.25, -0.2) is 9.78 Å². The number of likely N-dealkylation sites (tertiary alicyclic amines) is 1. The number of hydrogen-bond donors (Lipinski definition) is 2. The molecule has 0 bridgehead atoms. The number of aromatic amines is 2. The maximum absolute atomic E-state index is 12.6. The van der Waals surface area contributed by atoms with Crippen LogP contribution in [0.2, 0.25) is 0 Å². The number of piperidine rings is 1. The van der Waals surface area contributed by atoms with Gasteiger partial charge in [-0.2, -0.15) is 0 Å². The van der Waals surface area contributed by atoms with E-state index < -0.39 is 11.2 Å². The van der Waals surface area contributed by atoms with Crippen LogP contribution in [0.1, 0.15) is 35.8 Å². The number of H-pyrrole nitrogens is 2. The van der Waals surface area contributed by atoms with Gasteiger partial charge in [-0.15, -0.1) is 0 Å². The Morgan fingerprint density at radius 2 is 2.04 bits per heavy atom. The highest BCUT2D eigenvalue weighted by Crippen LogP contribution is 2.25. The molecular weight excluding hydrogens is 338 g/mol. The molecule has 0 saturated carbocycles. The average molecular weight is 359 g/mol. The average Bonchev–Trinajstić information content (AvgIpc) is 2.59. The Hall–Kier alpha value is -2.97. The molecule has 3 rings (SSSR count). The number of hydrogen-bond acceptors (Lipinski definition) is 5. The fourth-order valence-electron chi connectivity index (χ4n) is 3.24. The molecule has 26 heavy (non-hydrogen) atoms. The van der Waals surface area contributed by atoms with E-state index in [9.17, 15) is 19.2 Å². The van der Waals surface area contributed by atoms with E-state index in [1.165, 1.54) is 16.8 Å². The van der Waals surface area contributed by atoms with Crippen LogP contribution in [-0.2, 0) is 11.3 Å². The number of rotatable bonds is 3. The first kappa shape index (κ1) is 17.8. The lowest BCUT2D eigenvalue weighted by Gasteiger charge is -2.32. The van der Waals surface area contributed by atoms with E-state index in [-0.39, 0.29) is 23.9 Å². The van der Waals surface area contributed by atoms with Crippen LogP contribution in [-0.4, -0.2) is 43.4 Å². The molecule has 1 fully saturated rings. The second-order valence-corrected chi connectivity index (χ2v) is 6.63. The molecule has 1 aliphatic heterocycles. The third-order valence-electron chi connectivity index (χ3n) is 4.57. The van der Waals surface area contributed by atoms with Crippen molar-refractivity contribution in [3.63, 3.8) is 0 Å². The van der Waals surface area contributed by atoms with Crippen molar-refractivity contribution in [1.29, 1.82) is 0 Å². The summed E-state index contributed by atoms with van der Waals surface area (Å²) in [6, 6.07) is 1.47. The van der Waals surface area contributed by atoms with E-state index >= 15 is 0 Å². The summed E-state index contributed by atoms with van der Waals surface area (Å²) in [5.74, 6) is 0.332. The van der Waals surface area contributed by atoms with Crippen LogP contribution in [0.25, 0.3) is 0 Å². The van der Waals surface area contributed by atoms with Crippen molar-refractivity contribution >= 4 is 5.91 Å². The molecule has 0 aromatic carbocycles. The van der Waals surface area contributed by atoms with Gasteiger partial charge in [-0.05, 0) is 26.7 Å². The smallest absolute Gasteiger partial charge is 0.328 e. The quantitative estimate of drug-likeness (QED) is 0.775. The van der Waals surface area contributed by atoms with E-state index in [4.69, 9.17) is 0 Å². The van der Waals surface area contributed by atoms with Crippen LogP contribution < -0.4 is 16.8 Å². The molecule has 138 valence electrons. The summed E-state index contributed by atoms with van der Waals surface area (Å²) in [7, 11) is 0. The number of nitrogens with one attached hydrogen (secondary N) is 2. The molecular formula is C17H21N5O4. The van der Waals surface area contributed by atoms with Gasteiger partial charge in [0, 0.05) is 36.8 Å². The van der Waals surface area contributed by atoms with Crippen LogP contribution in [0.5, 0.6) is 0 Å².